The van der Waals surface area contributed by atoms with Crippen molar-refractivity contribution in [3.63, 3.8) is 0 Å². The van der Waals surface area contributed by atoms with Gasteiger partial charge in [0.05, 0.1) is 47.3 Å². The first-order valence-corrected chi connectivity index (χ1v) is 10.6. The van der Waals surface area contributed by atoms with Crippen molar-refractivity contribution in [3.05, 3.63) is 34.6 Å². The van der Waals surface area contributed by atoms with Crippen LogP contribution in [0, 0.1) is 0 Å². The number of sulfone groups is 1. The lowest BCUT2D eigenvalue weighted by molar-refractivity contribution is -0.140. The highest BCUT2D eigenvalue weighted by molar-refractivity contribution is 8.01. The predicted molar refractivity (Wildman–Crippen MR) is 96.9 cm³/mol. The number of hydrogen-bond acceptors (Lipinski definition) is 8. The van der Waals surface area contributed by atoms with E-state index < -0.39 is 27.2 Å². The van der Waals surface area contributed by atoms with E-state index in [4.69, 9.17) is 0 Å². The van der Waals surface area contributed by atoms with Crippen molar-refractivity contribution >= 4 is 38.5 Å². The molecular formula is C16H18N2O6S2. The molecule has 1 aromatic carbocycles. The largest absolute Gasteiger partial charge is 0.469 e. The van der Waals surface area contributed by atoms with E-state index in [0.29, 0.717) is 10.9 Å². The van der Waals surface area contributed by atoms with Crippen LogP contribution in [0.15, 0.2) is 34.2 Å². The smallest absolute Gasteiger partial charge is 0.307 e. The summed E-state index contributed by atoms with van der Waals surface area (Å²) in [5.41, 5.74) is 0.155. The first-order valence-electron chi connectivity index (χ1n) is 7.92. The van der Waals surface area contributed by atoms with Crippen molar-refractivity contribution in [1.82, 2.24) is 9.55 Å². The molecule has 1 fully saturated rings. The van der Waals surface area contributed by atoms with Crippen LogP contribution in [0.3, 0.4) is 0 Å². The molecule has 0 spiro atoms. The molecule has 1 N–H and O–H groups in total. The Morgan fingerprint density at radius 3 is 2.77 bits per heavy atom. The van der Waals surface area contributed by atoms with Crippen molar-refractivity contribution in [2.45, 2.75) is 29.5 Å². The fraction of sp³-hybridized carbons (Fsp3) is 0.438. The Balaban J connectivity index is 2.01. The highest BCUT2D eigenvalue weighted by atomic mass is 32.2. The summed E-state index contributed by atoms with van der Waals surface area (Å²) in [5.74, 6) is -0.951. The van der Waals surface area contributed by atoms with Gasteiger partial charge in [0.15, 0.2) is 15.0 Å². The molecule has 0 aliphatic carbocycles. The molecule has 0 radical (unpaired) electrons. The van der Waals surface area contributed by atoms with Gasteiger partial charge in [0, 0.05) is 6.54 Å². The highest BCUT2D eigenvalue weighted by Gasteiger charge is 2.38. The Kier molecular flexibility index (Phi) is 5.35. The third kappa shape index (κ3) is 3.92. The van der Waals surface area contributed by atoms with Crippen molar-refractivity contribution in [3.8, 4) is 0 Å². The summed E-state index contributed by atoms with van der Waals surface area (Å²) in [6.45, 7) is 0.0568. The first kappa shape index (κ1) is 18.9. The third-order valence-electron chi connectivity index (χ3n) is 4.12. The summed E-state index contributed by atoms with van der Waals surface area (Å²) >= 11 is 1.05. The fourth-order valence-electron chi connectivity index (χ4n) is 2.78. The van der Waals surface area contributed by atoms with Gasteiger partial charge in [-0.3, -0.25) is 14.2 Å². The monoisotopic (exact) mass is 398 g/mol. The number of aliphatic hydroxyl groups is 1. The molecule has 0 bridgehead atoms. The minimum Gasteiger partial charge on any atom is -0.469 e. The molecule has 1 aromatic heterocycles. The Morgan fingerprint density at radius 1 is 1.38 bits per heavy atom. The number of esters is 1. The summed E-state index contributed by atoms with van der Waals surface area (Å²) < 4.78 is 29.4. The van der Waals surface area contributed by atoms with E-state index >= 15 is 0 Å². The fourth-order valence-corrected chi connectivity index (χ4v) is 6.39. The van der Waals surface area contributed by atoms with E-state index in [0.717, 1.165) is 11.8 Å². The van der Waals surface area contributed by atoms with E-state index in [-0.39, 0.29) is 35.2 Å². The number of aromatic nitrogens is 2. The Hall–Kier alpha value is -1.91. The standard InChI is InChI=1S/C16H18N2O6S2/c1-24-14(20)6-7-18-15(21)10-4-2-3-5-11(10)17-16(18)25-13-9-26(22,23)8-12(13)19/h2-5,12-13,19H,6-9H2,1H3/t12-,13+/m0/s1. The molecule has 10 heteroatoms. The molecule has 0 saturated carbocycles. The lowest BCUT2D eigenvalue weighted by atomic mass is 10.2. The molecule has 0 amide bonds. The average Bonchev–Trinajstić information content (AvgIpc) is 2.86. The Morgan fingerprint density at radius 2 is 2.12 bits per heavy atom. The Bertz CT molecular complexity index is 1000. The zero-order chi connectivity index (χ0) is 18.9. The van der Waals surface area contributed by atoms with Crippen LogP contribution in [0.2, 0.25) is 0 Å². The van der Waals surface area contributed by atoms with E-state index in [1.807, 2.05) is 0 Å². The molecule has 8 nitrogen and oxygen atoms in total. The molecule has 26 heavy (non-hydrogen) atoms. The zero-order valence-corrected chi connectivity index (χ0v) is 15.6. The molecule has 1 aliphatic rings. The average molecular weight is 398 g/mol. The van der Waals surface area contributed by atoms with Gasteiger partial charge in [-0.1, -0.05) is 23.9 Å². The minimum atomic E-state index is -3.32. The zero-order valence-electron chi connectivity index (χ0n) is 14.0. The van der Waals surface area contributed by atoms with Gasteiger partial charge in [0.1, 0.15) is 0 Å². The quantitative estimate of drug-likeness (QED) is 0.561. The first-order chi connectivity index (χ1) is 12.3. The van der Waals surface area contributed by atoms with Gasteiger partial charge < -0.3 is 9.84 Å². The molecular weight excluding hydrogens is 380 g/mol. The van der Waals surface area contributed by atoms with Crippen molar-refractivity contribution in [1.29, 1.82) is 0 Å². The summed E-state index contributed by atoms with van der Waals surface area (Å²) in [5, 5.41) is 10.1. The van der Waals surface area contributed by atoms with Crippen LogP contribution in [-0.2, 0) is 25.9 Å². The van der Waals surface area contributed by atoms with Crippen LogP contribution in [0.4, 0.5) is 0 Å². The molecule has 140 valence electrons. The summed E-state index contributed by atoms with van der Waals surface area (Å²) in [6, 6.07) is 6.79. The van der Waals surface area contributed by atoms with Crippen molar-refractivity contribution in [2.24, 2.45) is 0 Å². The van der Waals surface area contributed by atoms with Crippen molar-refractivity contribution in [2.75, 3.05) is 18.6 Å². The number of nitrogens with zero attached hydrogens (tertiary/aromatic N) is 2. The lowest BCUT2D eigenvalue weighted by Gasteiger charge is -2.16. The van der Waals surface area contributed by atoms with Crippen LogP contribution >= 0.6 is 11.8 Å². The number of benzene rings is 1. The number of hydrogen-bond donors (Lipinski definition) is 1. The van der Waals surface area contributed by atoms with Crippen LogP contribution < -0.4 is 5.56 Å². The maximum absolute atomic E-state index is 12.8. The maximum atomic E-state index is 12.8. The number of rotatable bonds is 5. The van der Waals surface area contributed by atoms with Gasteiger partial charge in [-0.15, -0.1) is 0 Å². The predicted octanol–water partition coefficient (Wildman–Crippen LogP) is 0.210. The van der Waals surface area contributed by atoms with E-state index in [2.05, 4.69) is 9.72 Å². The van der Waals surface area contributed by atoms with Gasteiger partial charge in [0.2, 0.25) is 0 Å². The number of carbonyl (C=O) groups is 1. The van der Waals surface area contributed by atoms with E-state index in [9.17, 15) is 23.1 Å². The minimum absolute atomic E-state index is 0.0183. The molecule has 1 saturated heterocycles. The van der Waals surface area contributed by atoms with Gasteiger partial charge in [-0.25, -0.2) is 13.4 Å². The number of fused-ring (bicyclic) bond motifs is 1. The molecule has 1 aliphatic heterocycles. The topological polar surface area (TPSA) is 116 Å². The van der Waals surface area contributed by atoms with E-state index in [1.165, 1.54) is 11.7 Å². The Labute approximate surface area is 154 Å². The van der Waals surface area contributed by atoms with Gasteiger partial charge in [0.25, 0.3) is 5.56 Å². The second-order valence-electron chi connectivity index (χ2n) is 6.00. The summed E-state index contributed by atoms with van der Waals surface area (Å²) in [6.07, 6.45) is -1.04. The summed E-state index contributed by atoms with van der Waals surface area (Å²) in [4.78, 5) is 28.7. The molecule has 2 aromatic rings. The van der Waals surface area contributed by atoms with Gasteiger partial charge >= 0.3 is 5.97 Å². The summed E-state index contributed by atoms with van der Waals surface area (Å²) in [7, 11) is -2.06. The molecule has 2 heterocycles. The van der Waals surface area contributed by atoms with Gasteiger partial charge in [-0.2, -0.15) is 0 Å². The number of ether oxygens (including phenoxy) is 1. The van der Waals surface area contributed by atoms with Gasteiger partial charge in [-0.05, 0) is 12.1 Å². The number of methoxy groups -OCH3 is 1. The molecule has 0 unspecified atom stereocenters. The van der Waals surface area contributed by atoms with Crippen LogP contribution in [-0.4, -0.2) is 59.0 Å². The highest BCUT2D eigenvalue weighted by Crippen LogP contribution is 2.30. The van der Waals surface area contributed by atoms with E-state index in [1.54, 1.807) is 24.3 Å². The maximum Gasteiger partial charge on any atom is 0.307 e. The number of thioether (sulfide) groups is 1. The number of para-hydroxylation sites is 1. The number of aliphatic hydroxyl groups excluding tert-OH is 1. The number of carbonyl (C=O) groups excluding carboxylic acids is 1. The van der Waals surface area contributed by atoms with Crippen LogP contribution in [0.5, 0.6) is 0 Å². The van der Waals surface area contributed by atoms with Crippen molar-refractivity contribution < 1.29 is 23.1 Å². The molecule has 3 rings (SSSR count). The SMILES string of the molecule is COC(=O)CCn1c(S[C@@H]2CS(=O)(=O)C[C@@H]2O)nc2ccccc2c1=O. The lowest BCUT2D eigenvalue weighted by Crippen LogP contribution is -2.27. The normalized spacial score (nSPS) is 21.8. The second-order valence-corrected chi connectivity index (χ2v) is 9.36. The molecule has 2 atom stereocenters. The third-order valence-corrected chi connectivity index (χ3v) is 7.36. The van der Waals surface area contributed by atoms with Crippen LogP contribution in [0.1, 0.15) is 6.42 Å². The second kappa shape index (κ2) is 7.37. The van der Waals surface area contributed by atoms with Crippen LogP contribution in [0.25, 0.3) is 10.9 Å².